The molecule has 266 valence electrons. The maximum atomic E-state index is 6.17. The van der Waals surface area contributed by atoms with E-state index in [9.17, 15) is 0 Å². The van der Waals surface area contributed by atoms with Gasteiger partial charge in [-0.3, -0.25) is 0 Å². The molecule has 0 aliphatic carbocycles. The van der Waals surface area contributed by atoms with E-state index in [1.807, 2.05) is 115 Å². The Kier molecular flexibility index (Phi) is 9.11. The van der Waals surface area contributed by atoms with Gasteiger partial charge in [-0.1, -0.05) is 147 Å². The van der Waals surface area contributed by atoms with Crippen LogP contribution in [0.4, 0.5) is 0 Å². The van der Waals surface area contributed by atoms with Crippen molar-refractivity contribution in [1.82, 2.24) is 24.9 Å². The summed E-state index contributed by atoms with van der Waals surface area (Å²) in [5.41, 5.74) is 9.69. The van der Waals surface area contributed by atoms with Gasteiger partial charge in [-0.15, -0.1) is 11.3 Å². The predicted molar refractivity (Wildman–Crippen MR) is 232 cm³/mol. The van der Waals surface area contributed by atoms with Crippen molar-refractivity contribution < 1.29 is 4.42 Å². The molecule has 56 heavy (non-hydrogen) atoms. The van der Waals surface area contributed by atoms with Gasteiger partial charge in [0, 0.05) is 48.9 Å². The Labute approximate surface area is 327 Å². The van der Waals surface area contributed by atoms with E-state index in [1.54, 1.807) is 29.8 Å². The lowest BCUT2D eigenvalue weighted by Crippen LogP contribution is -2.00. The summed E-state index contributed by atoms with van der Waals surface area (Å²) in [6.45, 7) is 12.1. The van der Waals surface area contributed by atoms with Gasteiger partial charge < -0.3 is 4.42 Å². The van der Waals surface area contributed by atoms with Gasteiger partial charge in [0.1, 0.15) is 5.58 Å². The number of hydrogen-bond donors (Lipinski definition) is 0. The van der Waals surface area contributed by atoms with E-state index < -0.39 is 0 Å². The highest BCUT2D eigenvalue weighted by atomic mass is 32.1. The lowest BCUT2D eigenvalue weighted by atomic mass is 9.94. The van der Waals surface area contributed by atoms with Crippen LogP contribution < -0.4 is 0 Å². The van der Waals surface area contributed by atoms with E-state index >= 15 is 0 Å². The van der Waals surface area contributed by atoms with Gasteiger partial charge in [0.25, 0.3) is 0 Å². The summed E-state index contributed by atoms with van der Waals surface area (Å²) < 4.78 is 8.33. The van der Waals surface area contributed by atoms with Crippen LogP contribution in [0.2, 0.25) is 0 Å². The second-order valence-corrected chi connectivity index (χ2v) is 14.1. The molecule has 6 nitrogen and oxygen atoms in total. The number of thiophene rings is 1. The third kappa shape index (κ3) is 6.36. The van der Waals surface area contributed by atoms with Crippen LogP contribution in [-0.4, -0.2) is 24.9 Å². The van der Waals surface area contributed by atoms with Crippen molar-refractivity contribution in [3.63, 3.8) is 0 Å². The molecule has 0 radical (unpaired) electrons. The SMILES string of the molecule is C=C/C=C(/c1cccc(-c2nc(/C(C=C)=C/C=C)c3sc4ccccc4c3n2)c1)c1coc2ccc(-c3nc(-c4ccccc4)nc(-c4ccccc4)n3)cc12. The van der Waals surface area contributed by atoms with Crippen molar-refractivity contribution >= 4 is 53.8 Å². The number of furan rings is 1. The quantitative estimate of drug-likeness (QED) is 0.130. The molecular weight excluding hydrogens is 707 g/mol. The molecule has 0 N–H and O–H groups in total. The van der Waals surface area contributed by atoms with Gasteiger partial charge in [-0.25, -0.2) is 24.9 Å². The summed E-state index contributed by atoms with van der Waals surface area (Å²) in [6.07, 6.45) is 11.1. The van der Waals surface area contributed by atoms with Crippen LogP contribution in [0.5, 0.6) is 0 Å². The first-order valence-electron chi connectivity index (χ1n) is 18.1. The average Bonchev–Trinajstić information content (AvgIpc) is 3.86. The largest absolute Gasteiger partial charge is 0.464 e. The Morgan fingerprint density at radius 3 is 1.88 bits per heavy atom. The Morgan fingerprint density at radius 1 is 0.554 bits per heavy atom. The van der Waals surface area contributed by atoms with Gasteiger partial charge in [0.05, 0.1) is 22.2 Å². The monoisotopic (exact) mass is 739 g/mol. The number of nitrogens with zero attached hydrogens (tertiary/aromatic N) is 5. The van der Waals surface area contributed by atoms with Gasteiger partial charge in [-0.05, 0) is 41.5 Å². The summed E-state index contributed by atoms with van der Waals surface area (Å²) in [6, 6.07) is 42.6. The van der Waals surface area contributed by atoms with Crippen LogP contribution in [-0.2, 0) is 0 Å². The fourth-order valence-electron chi connectivity index (χ4n) is 6.89. The number of allylic oxidation sites excluding steroid dienone is 6. The van der Waals surface area contributed by atoms with E-state index in [1.165, 1.54) is 0 Å². The first-order chi connectivity index (χ1) is 27.6. The van der Waals surface area contributed by atoms with Crippen molar-refractivity contribution in [3.8, 4) is 45.6 Å². The summed E-state index contributed by atoms with van der Waals surface area (Å²) in [7, 11) is 0. The van der Waals surface area contributed by atoms with E-state index in [0.29, 0.717) is 23.3 Å². The molecule has 0 saturated heterocycles. The van der Waals surface area contributed by atoms with Gasteiger partial charge in [0.15, 0.2) is 23.3 Å². The summed E-state index contributed by atoms with van der Waals surface area (Å²) in [5, 5.41) is 2.01. The number of hydrogen-bond acceptors (Lipinski definition) is 7. The molecule has 0 fully saturated rings. The van der Waals surface area contributed by atoms with Crippen LogP contribution in [0.1, 0.15) is 16.8 Å². The minimum Gasteiger partial charge on any atom is -0.464 e. The molecule has 9 aromatic rings. The lowest BCUT2D eigenvalue weighted by Gasteiger charge is -2.11. The molecule has 0 spiro atoms. The minimum absolute atomic E-state index is 0.566. The molecule has 4 heterocycles. The Bertz CT molecular complexity index is 2970. The number of aromatic nitrogens is 5. The first kappa shape index (κ1) is 34.4. The van der Waals surface area contributed by atoms with Crippen molar-refractivity contribution in [2.45, 2.75) is 0 Å². The van der Waals surface area contributed by atoms with Gasteiger partial charge in [0.2, 0.25) is 0 Å². The van der Waals surface area contributed by atoms with Gasteiger partial charge in [-0.2, -0.15) is 0 Å². The van der Waals surface area contributed by atoms with Crippen molar-refractivity contribution in [2.75, 3.05) is 0 Å². The highest BCUT2D eigenvalue weighted by molar-refractivity contribution is 7.26. The predicted octanol–water partition coefficient (Wildman–Crippen LogP) is 12.8. The molecule has 0 aliphatic rings. The second kappa shape index (κ2) is 14.8. The van der Waals surface area contributed by atoms with Crippen LogP contribution in [0.25, 0.3) is 88.0 Å². The maximum absolute atomic E-state index is 6.17. The van der Waals surface area contributed by atoms with Gasteiger partial charge >= 0.3 is 0 Å². The van der Waals surface area contributed by atoms with E-state index in [-0.39, 0.29) is 0 Å². The first-order valence-corrected chi connectivity index (χ1v) is 18.9. The molecule has 4 aromatic heterocycles. The molecule has 0 saturated carbocycles. The van der Waals surface area contributed by atoms with E-state index in [2.05, 4.69) is 50.1 Å². The highest BCUT2D eigenvalue weighted by Crippen LogP contribution is 2.39. The minimum atomic E-state index is 0.566. The zero-order valence-corrected chi connectivity index (χ0v) is 31.1. The normalized spacial score (nSPS) is 12.0. The number of benzene rings is 5. The van der Waals surface area contributed by atoms with Crippen molar-refractivity contribution in [2.24, 2.45) is 0 Å². The molecule has 0 bridgehead atoms. The standard InChI is InChI=1S/C49H33N5OS/c1-4-16-31(6-3)43-45-44(38-24-13-14-25-42(38)56-45)51-48(50-43)35-23-15-22-34(28-35)37(17-5-2)40-30-55-41-27-26-36(29-39(40)41)49-53-46(32-18-9-7-10-19-32)52-47(54-49)33-20-11-8-12-21-33/h4-30H,1-3H2/b31-16+,37-17-. The molecule has 0 unspecified atom stereocenters. The summed E-state index contributed by atoms with van der Waals surface area (Å²) in [4.78, 5) is 25.1. The zero-order chi connectivity index (χ0) is 38.0. The number of rotatable bonds is 10. The third-order valence-corrected chi connectivity index (χ3v) is 10.7. The van der Waals surface area contributed by atoms with Crippen LogP contribution in [0.3, 0.4) is 0 Å². The average molecular weight is 740 g/mol. The molecule has 9 rings (SSSR count). The van der Waals surface area contributed by atoms with Crippen molar-refractivity contribution in [1.29, 1.82) is 0 Å². The molecule has 0 aliphatic heterocycles. The molecule has 0 amide bonds. The Morgan fingerprint density at radius 2 is 1.18 bits per heavy atom. The lowest BCUT2D eigenvalue weighted by molar-refractivity contribution is 0.615. The second-order valence-electron chi connectivity index (χ2n) is 13.0. The number of fused-ring (bicyclic) bond motifs is 4. The molecule has 7 heteroatoms. The summed E-state index contributed by atoms with van der Waals surface area (Å²) in [5.74, 6) is 2.39. The Balaban J connectivity index is 1.17. The van der Waals surface area contributed by atoms with E-state index in [4.69, 9.17) is 29.3 Å². The summed E-state index contributed by atoms with van der Waals surface area (Å²) >= 11 is 1.68. The maximum Gasteiger partial charge on any atom is 0.164 e. The van der Waals surface area contributed by atoms with Crippen LogP contribution in [0.15, 0.2) is 188 Å². The van der Waals surface area contributed by atoms with Crippen LogP contribution >= 0.6 is 11.3 Å². The zero-order valence-electron chi connectivity index (χ0n) is 30.3. The molecular formula is C49H33N5OS. The molecule has 0 atom stereocenters. The molecule has 5 aromatic carbocycles. The van der Waals surface area contributed by atoms with Crippen molar-refractivity contribution in [3.05, 3.63) is 201 Å². The fourth-order valence-corrected chi connectivity index (χ4v) is 8.04. The topological polar surface area (TPSA) is 77.6 Å². The van der Waals surface area contributed by atoms with Crippen LogP contribution in [0, 0.1) is 0 Å². The van der Waals surface area contributed by atoms with E-state index in [0.717, 1.165) is 81.5 Å². The smallest absolute Gasteiger partial charge is 0.164 e. The Hall–Kier alpha value is -7.35. The fraction of sp³-hybridized carbons (Fsp3) is 0. The third-order valence-electron chi connectivity index (χ3n) is 9.55. The highest BCUT2D eigenvalue weighted by Gasteiger charge is 2.20.